The number of nitrogens with zero attached hydrogens (tertiary/aromatic N) is 2. The first-order chi connectivity index (χ1) is 8.72. The Balaban J connectivity index is 2.00. The van der Waals surface area contributed by atoms with Crippen molar-refractivity contribution in [3.05, 3.63) is 29.4 Å². The number of hydrogen-bond donors (Lipinski definition) is 3. The summed E-state index contributed by atoms with van der Waals surface area (Å²) in [7, 11) is 0. The Kier molecular flexibility index (Phi) is 3.61. The lowest BCUT2D eigenvalue weighted by atomic mass is 10.2. The number of nitrogens with two attached hydrogens (primary N) is 1. The number of carbonyl (C=O) groups excluding carboxylic acids is 1. The average molecular weight is 249 g/mol. The molecule has 0 saturated heterocycles. The lowest BCUT2D eigenvalue weighted by Crippen LogP contribution is -2.23. The van der Waals surface area contributed by atoms with E-state index in [1.807, 2.05) is 6.92 Å². The van der Waals surface area contributed by atoms with Gasteiger partial charge in [-0.1, -0.05) is 18.5 Å². The molecule has 2 heterocycles. The molecule has 0 saturated carbocycles. The molecule has 0 aromatic carbocycles. The quantitative estimate of drug-likeness (QED) is 0.728. The van der Waals surface area contributed by atoms with Crippen molar-refractivity contribution in [1.29, 1.82) is 0 Å². The van der Waals surface area contributed by atoms with Gasteiger partial charge in [0.25, 0.3) is 5.91 Å². The molecule has 0 aliphatic rings. The molecule has 0 radical (unpaired) electrons. The molecule has 0 unspecified atom stereocenters. The van der Waals surface area contributed by atoms with E-state index in [2.05, 4.69) is 20.7 Å². The van der Waals surface area contributed by atoms with Crippen LogP contribution in [-0.2, 0) is 13.0 Å². The van der Waals surface area contributed by atoms with Gasteiger partial charge in [-0.2, -0.15) is 5.10 Å². The van der Waals surface area contributed by atoms with Crippen LogP contribution in [0.25, 0.3) is 0 Å². The van der Waals surface area contributed by atoms with Gasteiger partial charge in [-0.15, -0.1) is 0 Å². The number of nitrogens with one attached hydrogen (secondary N) is 2. The van der Waals surface area contributed by atoms with Gasteiger partial charge in [0.1, 0.15) is 0 Å². The van der Waals surface area contributed by atoms with E-state index in [9.17, 15) is 4.79 Å². The maximum absolute atomic E-state index is 11.8. The molecule has 2 rings (SSSR count). The van der Waals surface area contributed by atoms with Crippen LogP contribution in [0.4, 0.5) is 5.69 Å². The highest BCUT2D eigenvalue weighted by Gasteiger charge is 2.16. The van der Waals surface area contributed by atoms with Crippen molar-refractivity contribution < 1.29 is 9.32 Å². The first-order valence-electron chi connectivity index (χ1n) is 5.72. The van der Waals surface area contributed by atoms with Crippen molar-refractivity contribution in [1.82, 2.24) is 20.7 Å². The van der Waals surface area contributed by atoms with Gasteiger partial charge in [-0.05, 0) is 6.42 Å². The summed E-state index contributed by atoms with van der Waals surface area (Å²) in [6.45, 7) is 2.29. The Morgan fingerprint density at radius 1 is 1.61 bits per heavy atom. The van der Waals surface area contributed by atoms with Crippen LogP contribution < -0.4 is 11.1 Å². The fourth-order valence-electron chi connectivity index (χ4n) is 1.58. The van der Waals surface area contributed by atoms with E-state index in [1.54, 1.807) is 6.07 Å². The molecule has 1 amide bonds. The third-order valence-corrected chi connectivity index (χ3v) is 2.51. The van der Waals surface area contributed by atoms with Crippen LogP contribution in [-0.4, -0.2) is 21.3 Å². The van der Waals surface area contributed by atoms with E-state index in [0.717, 1.165) is 18.5 Å². The summed E-state index contributed by atoms with van der Waals surface area (Å²) in [5.41, 5.74) is 7.27. The van der Waals surface area contributed by atoms with E-state index in [-0.39, 0.29) is 18.1 Å². The van der Waals surface area contributed by atoms with Crippen molar-refractivity contribution >= 4 is 11.6 Å². The fraction of sp³-hybridized carbons (Fsp3) is 0.364. The Labute approximate surface area is 104 Å². The molecule has 18 heavy (non-hydrogen) atoms. The number of aromatic amines is 1. The van der Waals surface area contributed by atoms with Gasteiger partial charge in [0.2, 0.25) is 0 Å². The van der Waals surface area contributed by atoms with Crippen LogP contribution in [0.3, 0.4) is 0 Å². The molecule has 96 valence electrons. The molecule has 4 N–H and O–H groups in total. The number of aromatic nitrogens is 3. The van der Waals surface area contributed by atoms with Gasteiger partial charge < -0.3 is 15.6 Å². The number of nitrogen functional groups attached to an aromatic ring is 1. The summed E-state index contributed by atoms with van der Waals surface area (Å²) >= 11 is 0. The Hall–Kier alpha value is -2.31. The number of rotatable bonds is 5. The predicted octanol–water partition coefficient (Wildman–Crippen LogP) is 0.862. The maximum Gasteiger partial charge on any atom is 0.274 e. The van der Waals surface area contributed by atoms with E-state index in [4.69, 9.17) is 10.3 Å². The zero-order chi connectivity index (χ0) is 13.0. The van der Waals surface area contributed by atoms with E-state index < -0.39 is 0 Å². The molecule has 0 aliphatic carbocycles. The molecule has 2 aromatic rings. The van der Waals surface area contributed by atoms with Gasteiger partial charge >= 0.3 is 0 Å². The summed E-state index contributed by atoms with van der Waals surface area (Å²) in [4.78, 5) is 11.8. The van der Waals surface area contributed by atoms with Crippen molar-refractivity contribution in [3.8, 4) is 0 Å². The normalized spacial score (nSPS) is 10.5. The summed E-state index contributed by atoms with van der Waals surface area (Å²) in [5, 5.41) is 12.9. The van der Waals surface area contributed by atoms with Crippen LogP contribution in [0.5, 0.6) is 0 Å². The SMILES string of the molecule is CCCc1[nH]nc(C(=O)NCc2ccno2)c1N. The highest BCUT2D eigenvalue weighted by Crippen LogP contribution is 2.15. The average Bonchev–Trinajstić information content (AvgIpc) is 2.98. The molecule has 0 aliphatic heterocycles. The number of amides is 1. The Morgan fingerprint density at radius 2 is 2.44 bits per heavy atom. The summed E-state index contributed by atoms with van der Waals surface area (Å²) < 4.78 is 4.87. The van der Waals surface area contributed by atoms with Gasteiger partial charge in [0, 0.05) is 6.07 Å². The second-order valence-electron chi connectivity index (χ2n) is 3.88. The second-order valence-corrected chi connectivity index (χ2v) is 3.88. The molecule has 7 nitrogen and oxygen atoms in total. The van der Waals surface area contributed by atoms with Crippen LogP contribution in [0.15, 0.2) is 16.8 Å². The van der Waals surface area contributed by atoms with E-state index in [0.29, 0.717) is 11.4 Å². The minimum atomic E-state index is -0.331. The van der Waals surface area contributed by atoms with Gasteiger partial charge in [-0.25, -0.2) is 0 Å². The molecule has 0 fully saturated rings. The summed E-state index contributed by atoms with van der Waals surface area (Å²) in [6.07, 6.45) is 3.23. The molecular formula is C11H15N5O2. The van der Waals surface area contributed by atoms with Crippen molar-refractivity contribution in [2.45, 2.75) is 26.3 Å². The largest absolute Gasteiger partial charge is 0.395 e. The zero-order valence-corrected chi connectivity index (χ0v) is 10.1. The highest BCUT2D eigenvalue weighted by molar-refractivity contribution is 5.97. The van der Waals surface area contributed by atoms with Crippen LogP contribution in [0, 0.1) is 0 Å². The number of H-pyrrole nitrogens is 1. The number of hydrogen-bond acceptors (Lipinski definition) is 5. The number of carbonyl (C=O) groups is 1. The lowest BCUT2D eigenvalue weighted by Gasteiger charge is -2.01. The van der Waals surface area contributed by atoms with Gasteiger partial charge in [-0.3, -0.25) is 9.89 Å². The van der Waals surface area contributed by atoms with Gasteiger partial charge in [0.05, 0.1) is 24.1 Å². The van der Waals surface area contributed by atoms with Crippen LogP contribution in [0.2, 0.25) is 0 Å². The maximum atomic E-state index is 11.8. The zero-order valence-electron chi connectivity index (χ0n) is 10.1. The predicted molar refractivity (Wildman–Crippen MR) is 64.7 cm³/mol. The van der Waals surface area contributed by atoms with E-state index >= 15 is 0 Å². The number of aryl methyl sites for hydroxylation is 1. The van der Waals surface area contributed by atoms with Crippen molar-refractivity contribution in [2.24, 2.45) is 0 Å². The minimum absolute atomic E-state index is 0.220. The van der Waals surface area contributed by atoms with Crippen molar-refractivity contribution in [3.63, 3.8) is 0 Å². The first-order valence-corrected chi connectivity index (χ1v) is 5.72. The first kappa shape index (κ1) is 12.2. The number of anilines is 1. The van der Waals surface area contributed by atoms with Crippen molar-refractivity contribution in [2.75, 3.05) is 5.73 Å². The smallest absolute Gasteiger partial charge is 0.274 e. The van der Waals surface area contributed by atoms with E-state index in [1.165, 1.54) is 6.20 Å². The molecule has 0 bridgehead atoms. The second kappa shape index (κ2) is 5.35. The van der Waals surface area contributed by atoms with Crippen LogP contribution in [0.1, 0.15) is 35.3 Å². The molecule has 2 aromatic heterocycles. The highest BCUT2D eigenvalue weighted by atomic mass is 16.5. The monoisotopic (exact) mass is 249 g/mol. The van der Waals surface area contributed by atoms with Crippen LogP contribution >= 0.6 is 0 Å². The summed E-state index contributed by atoms with van der Waals surface area (Å²) in [6, 6.07) is 1.68. The minimum Gasteiger partial charge on any atom is -0.395 e. The summed E-state index contributed by atoms with van der Waals surface area (Å²) in [5.74, 6) is 0.244. The Morgan fingerprint density at radius 3 is 3.11 bits per heavy atom. The molecule has 0 spiro atoms. The standard InChI is InChI=1S/C11H15N5O2/c1-2-3-8-9(12)10(16-15-8)11(17)13-6-7-4-5-14-18-7/h4-5H,2-3,6,12H2,1H3,(H,13,17)(H,15,16). The molecule has 7 heteroatoms. The third-order valence-electron chi connectivity index (χ3n) is 2.51. The van der Waals surface area contributed by atoms with Gasteiger partial charge in [0.15, 0.2) is 11.5 Å². The molecule has 0 atom stereocenters. The molecular weight excluding hydrogens is 234 g/mol. The third kappa shape index (κ3) is 2.50. The lowest BCUT2D eigenvalue weighted by molar-refractivity contribution is 0.0943. The Bertz CT molecular complexity index is 518. The topological polar surface area (TPSA) is 110 Å². The fourth-order valence-corrected chi connectivity index (χ4v) is 1.58.